The molecule has 0 bridgehead atoms. The molecule has 226 valence electrons. The molecule has 2 heterocycles. The molecule has 0 aliphatic carbocycles. The fourth-order valence-corrected chi connectivity index (χ4v) is 5.52. The fourth-order valence-electron chi connectivity index (χ4n) is 5.52. The molecule has 3 rings (SSSR count). The molecule has 3 aromatic rings. The Morgan fingerprint density at radius 3 is 1.51 bits per heavy atom. The molecule has 0 saturated carbocycles. The lowest BCUT2D eigenvalue weighted by molar-refractivity contribution is 0.349. The van der Waals surface area contributed by atoms with E-state index < -0.39 is 0 Å². The van der Waals surface area contributed by atoms with Gasteiger partial charge in [-0.15, -0.1) is 0 Å². The van der Waals surface area contributed by atoms with Crippen LogP contribution in [0, 0.1) is 0 Å². The van der Waals surface area contributed by atoms with Gasteiger partial charge in [0, 0.05) is 29.9 Å². The highest BCUT2D eigenvalue weighted by molar-refractivity contribution is 5.34. The Bertz CT molecular complexity index is 1300. The van der Waals surface area contributed by atoms with Gasteiger partial charge >= 0.3 is 0 Å². The molecule has 0 spiro atoms. The summed E-state index contributed by atoms with van der Waals surface area (Å²) in [6.07, 6.45) is 7.43. The maximum Gasteiger partial charge on any atom is 0.0671 e. The highest BCUT2D eigenvalue weighted by Crippen LogP contribution is 2.40. The highest BCUT2D eigenvalue weighted by Gasteiger charge is 2.34. The molecule has 0 unspecified atom stereocenters. The maximum atomic E-state index is 5.24. The van der Waals surface area contributed by atoms with E-state index in [1.54, 1.807) is 0 Å². The number of hydrogen-bond donors (Lipinski definition) is 0. The van der Waals surface area contributed by atoms with Gasteiger partial charge in [-0.05, 0) is 83.6 Å². The smallest absolute Gasteiger partial charge is 0.0671 e. The molecule has 0 amide bonds. The van der Waals surface area contributed by atoms with Crippen LogP contribution in [0.2, 0.25) is 0 Å². The largest absolute Gasteiger partial charge is 0.267 e. The summed E-state index contributed by atoms with van der Waals surface area (Å²) in [5.41, 5.74) is 7.90. The van der Waals surface area contributed by atoms with Crippen LogP contribution in [-0.2, 0) is 39.0 Å². The summed E-state index contributed by atoms with van der Waals surface area (Å²) < 4.78 is 2.18. The van der Waals surface area contributed by atoms with E-state index in [0.29, 0.717) is 0 Å². The number of benzene rings is 1. The Morgan fingerprint density at radius 2 is 1.05 bits per heavy atom. The van der Waals surface area contributed by atoms with Crippen LogP contribution in [0.4, 0.5) is 0 Å². The second-order valence-corrected chi connectivity index (χ2v) is 17.4. The van der Waals surface area contributed by atoms with E-state index in [1.165, 1.54) is 27.9 Å². The third-order valence-corrected chi connectivity index (χ3v) is 9.05. The van der Waals surface area contributed by atoms with Crippen molar-refractivity contribution in [3.63, 3.8) is 0 Å². The van der Waals surface area contributed by atoms with E-state index in [-0.39, 0.29) is 32.6 Å². The molecule has 0 aliphatic heterocycles. The Labute approximate surface area is 252 Å². The van der Waals surface area contributed by atoms with Gasteiger partial charge in [-0.3, -0.25) is 9.67 Å². The average Bonchev–Trinajstić information content (AvgIpc) is 3.27. The zero-order valence-corrected chi connectivity index (χ0v) is 29.1. The van der Waals surface area contributed by atoms with Gasteiger partial charge in [0.1, 0.15) is 0 Å². The van der Waals surface area contributed by atoms with Crippen LogP contribution in [0.25, 0.3) is 0 Å². The van der Waals surface area contributed by atoms with Crippen molar-refractivity contribution in [3.8, 4) is 0 Å². The average molecular weight is 558 g/mol. The van der Waals surface area contributed by atoms with E-state index in [1.807, 2.05) is 0 Å². The van der Waals surface area contributed by atoms with Gasteiger partial charge in [0.15, 0.2) is 0 Å². The van der Waals surface area contributed by atoms with Crippen LogP contribution >= 0.6 is 0 Å². The molecule has 0 saturated heterocycles. The third kappa shape index (κ3) is 7.90. The van der Waals surface area contributed by atoms with Gasteiger partial charge in [0.25, 0.3) is 0 Å². The first kappa shape index (κ1) is 33.1. The van der Waals surface area contributed by atoms with E-state index in [2.05, 4.69) is 157 Å². The summed E-state index contributed by atoms with van der Waals surface area (Å²) in [4.78, 5) is 4.95. The third-order valence-electron chi connectivity index (χ3n) is 9.05. The van der Waals surface area contributed by atoms with Crippen molar-refractivity contribution in [1.82, 2.24) is 14.8 Å². The van der Waals surface area contributed by atoms with Gasteiger partial charge in [0.05, 0.1) is 11.2 Å². The second kappa shape index (κ2) is 11.0. The zero-order chi connectivity index (χ0) is 31.2. The molecule has 0 atom stereocenters. The first-order valence-corrected chi connectivity index (χ1v) is 15.6. The minimum atomic E-state index is -0.133. The lowest BCUT2D eigenvalue weighted by atomic mass is 9.71. The molecule has 0 aliphatic rings. The van der Waals surface area contributed by atoms with Crippen LogP contribution in [0.3, 0.4) is 0 Å². The second-order valence-electron chi connectivity index (χ2n) is 17.4. The molecule has 2 aromatic heterocycles. The van der Waals surface area contributed by atoms with Crippen LogP contribution in [-0.4, -0.2) is 14.8 Å². The molecular formula is C38H59N3. The summed E-state index contributed by atoms with van der Waals surface area (Å²) in [6.45, 7) is 34.5. The summed E-state index contributed by atoms with van der Waals surface area (Å²) >= 11 is 0. The number of hydrogen-bond acceptors (Lipinski definition) is 2. The summed E-state index contributed by atoms with van der Waals surface area (Å²) in [5.74, 6) is 0. The standard InChI is InChI=1S/C38H59N3/c1-33(2,3)27-16-18-28(19-17-27)36(10,11)22-23-37(12,13)30-26-41(35(7,8)9)40-31(30)24-38(14,15)32-21-20-29(25-39-32)34(4,5)6/h16-21,25-26H,22-24H2,1-15H3. The molecule has 41 heavy (non-hydrogen) atoms. The number of aromatic nitrogens is 3. The van der Waals surface area contributed by atoms with E-state index in [4.69, 9.17) is 10.1 Å². The normalized spacial score (nSPS) is 14.0. The molecule has 0 fully saturated rings. The summed E-state index contributed by atoms with van der Waals surface area (Å²) in [7, 11) is 0. The van der Waals surface area contributed by atoms with Crippen molar-refractivity contribution in [2.45, 2.75) is 156 Å². The van der Waals surface area contributed by atoms with Crippen molar-refractivity contribution in [2.24, 2.45) is 0 Å². The first-order valence-electron chi connectivity index (χ1n) is 15.6. The van der Waals surface area contributed by atoms with Crippen LogP contribution < -0.4 is 0 Å². The van der Waals surface area contributed by atoms with E-state index in [0.717, 1.165) is 25.0 Å². The lowest BCUT2D eigenvalue weighted by Crippen LogP contribution is -2.28. The minimum Gasteiger partial charge on any atom is -0.267 e. The van der Waals surface area contributed by atoms with Gasteiger partial charge in [-0.1, -0.05) is 113 Å². The Hall–Kier alpha value is -2.42. The first-order chi connectivity index (χ1) is 18.4. The molecule has 0 radical (unpaired) electrons. The molecule has 1 aromatic carbocycles. The Kier molecular flexibility index (Phi) is 8.89. The minimum absolute atomic E-state index is 0.0128. The van der Waals surface area contributed by atoms with Crippen LogP contribution in [0.1, 0.15) is 150 Å². The number of nitrogens with zero attached hydrogens (tertiary/aromatic N) is 3. The predicted octanol–water partition coefficient (Wildman–Crippen LogP) is 10.2. The molecule has 3 heteroatoms. The van der Waals surface area contributed by atoms with Crippen molar-refractivity contribution in [1.29, 1.82) is 0 Å². The molecule has 3 nitrogen and oxygen atoms in total. The van der Waals surface area contributed by atoms with E-state index >= 15 is 0 Å². The summed E-state index contributed by atoms with van der Waals surface area (Å²) in [6, 6.07) is 13.8. The quantitative estimate of drug-likeness (QED) is 0.276. The number of rotatable bonds is 8. The SMILES string of the molecule is CC(C)(C)c1ccc(C(C)(C)CCC(C)(C)c2cn(C(C)(C)C)nc2CC(C)(C)c2ccc(C(C)(C)C)cn2)cc1. The Morgan fingerprint density at radius 1 is 0.561 bits per heavy atom. The van der Waals surface area contributed by atoms with Crippen molar-refractivity contribution in [2.75, 3.05) is 0 Å². The van der Waals surface area contributed by atoms with Gasteiger partial charge < -0.3 is 0 Å². The van der Waals surface area contributed by atoms with Crippen LogP contribution in [0.5, 0.6) is 0 Å². The predicted molar refractivity (Wildman–Crippen MR) is 177 cm³/mol. The van der Waals surface area contributed by atoms with Gasteiger partial charge in [0.2, 0.25) is 0 Å². The maximum absolute atomic E-state index is 5.24. The zero-order valence-electron chi connectivity index (χ0n) is 29.1. The van der Waals surface area contributed by atoms with Gasteiger partial charge in [-0.2, -0.15) is 5.10 Å². The topological polar surface area (TPSA) is 30.7 Å². The summed E-state index contributed by atoms with van der Waals surface area (Å²) in [5, 5.41) is 5.24. The Balaban J connectivity index is 1.90. The molecular weight excluding hydrogens is 498 g/mol. The van der Waals surface area contributed by atoms with Crippen molar-refractivity contribution in [3.05, 3.63) is 82.4 Å². The highest BCUT2D eigenvalue weighted by atomic mass is 15.3. The van der Waals surface area contributed by atoms with Crippen LogP contribution in [0.15, 0.2) is 48.8 Å². The number of pyridine rings is 1. The van der Waals surface area contributed by atoms with E-state index in [9.17, 15) is 0 Å². The van der Waals surface area contributed by atoms with Gasteiger partial charge in [-0.25, -0.2) is 0 Å². The lowest BCUT2D eigenvalue weighted by Gasteiger charge is -2.33. The fraction of sp³-hybridized carbons (Fsp3) is 0.632. The van der Waals surface area contributed by atoms with Crippen molar-refractivity contribution >= 4 is 0 Å². The monoisotopic (exact) mass is 557 g/mol. The molecule has 0 N–H and O–H groups in total. The van der Waals surface area contributed by atoms with Crippen molar-refractivity contribution < 1.29 is 0 Å².